The van der Waals surface area contributed by atoms with E-state index >= 15 is 0 Å². The molecule has 0 spiro atoms. The number of nitrogens with one attached hydrogen (secondary N) is 1. The van der Waals surface area contributed by atoms with Gasteiger partial charge in [0.1, 0.15) is 11.8 Å². The van der Waals surface area contributed by atoms with Gasteiger partial charge in [-0.05, 0) is 50.2 Å². The summed E-state index contributed by atoms with van der Waals surface area (Å²) in [5.74, 6) is 0.680. The van der Waals surface area contributed by atoms with E-state index in [0.29, 0.717) is 44.9 Å². The number of ketones is 1. The van der Waals surface area contributed by atoms with E-state index in [9.17, 15) is 4.79 Å². The standard InChI is InChI=1S/C24H20Cl2N2O3/c1-3-30-23-18(22(29)19-13-28-24-17(19)7-5-11-27-24)6-4-8-21(23)31-14(2)16-10-9-15(25)12-20(16)26/h4-14H,3H2,1-2H3,(H,27,28). The summed E-state index contributed by atoms with van der Waals surface area (Å²) in [5.41, 5.74) is 2.38. The lowest BCUT2D eigenvalue weighted by molar-refractivity contribution is 0.103. The van der Waals surface area contributed by atoms with Crippen molar-refractivity contribution < 1.29 is 14.3 Å². The maximum absolute atomic E-state index is 13.4. The SMILES string of the molecule is CCOc1c(OC(C)c2ccc(Cl)cc2Cl)cccc1C(=O)c1c[nH]c2ncccc12. The van der Waals surface area contributed by atoms with Crippen LogP contribution in [0.1, 0.15) is 41.4 Å². The molecular formula is C24H20Cl2N2O3. The molecule has 2 aromatic heterocycles. The molecule has 5 nitrogen and oxygen atoms in total. The van der Waals surface area contributed by atoms with Crippen LogP contribution in [-0.4, -0.2) is 22.4 Å². The molecule has 0 saturated heterocycles. The minimum absolute atomic E-state index is 0.176. The Morgan fingerprint density at radius 2 is 1.97 bits per heavy atom. The number of para-hydroxylation sites is 1. The van der Waals surface area contributed by atoms with Gasteiger partial charge in [0, 0.05) is 39.0 Å². The van der Waals surface area contributed by atoms with Crippen LogP contribution in [0.2, 0.25) is 10.0 Å². The molecule has 1 N–H and O–H groups in total. The summed E-state index contributed by atoms with van der Waals surface area (Å²) in [5, 5.41) is 1.82. The number of nitrogens with zero attached hydrogens (tertiary/aromatic N) is 1. The number of hydrogen-bond donors (Lipinski definition) is 1. The zero-order chi connectivity index (χ0) is 22.0. The molecule has 0 amide bonds. The molecule has 2 aromatic carbocycles. The molecule has 0 aliphatic rings. The molecule has 0 saturated carbocycles. The number of halogens is 2. The highest BCUT2D eigenvalue weighted by molar-refractivity contribution is 6.35. The van der Waals surface area contributed by atoms with Crippen molar-refractivity contribution >= 4 is 40.0 Å². The Morgan fingerprint density at radius 1 is 1.13 bits per heavy atom. The Hall–Kier alpha value is -3.02. The summed E-state index contributed by atoms with van der Waals surface area (Å²) in [7, 11) is 0. The average molecular weight is 455 g/mol. The van der Waals surface area contributed by atoms with Gasteiger partial charge in [-0.1, -0.05) is 35.3 Å². The van der Waals surface area contributed by atoms with Gasteiger partial charge in [0.2, 0.25) is 0 Å². The summed E-state index contributed by atoms with van der Waals surface area (Å²) in [6, 6.07) is 14.2. The fraction of sp³-hybridized carbons (Fsp3) is 0.167. The van der Waals surface area contributed by atoms with Crippen LogP contribution < -0.4 is 9.47 Å². The molecule has 0 fully saturated rings. The predicted octanol–water partition coefficient (Wildman–Crippen LogP) is 6.64. The Balaban J connectivity index is 1.72. The average Bonchev–Trinajstić information content (AvgIpc) is 3.18. The molecule has 158 valence electrons. The number of H-pyrrole nitrogens is 1. The van der Waals surface area contributed by atoms with Gasteiger partial charge in [-0.2, -0.15) is 0 Å². The lowest BCUT2D eigenvalue weighted by atomic mass is 10.0. The predicted molar refractivity (Wildman–Crippen MR) is 123 cm³/mol. The molecule has 4 rings (SSSR count). The second kappa shape index (κ2) is 9.00. The molecule has 0 aliphatic carbocycles. The van der Waals surface area contributed by atoms with Crippen molar-refractivity contribution in [3.05, 3.63) is 87.7 Å². The number of hydrogen-bond acceptors (Lipinski definition) is 4. The molecule has 7 heteroatoms. The Kier molecular flexibility index (Phi) is 6.16. The highest BCUT2D eigenvalue weighted by atomic mass is 35.5. The number of aromatic amines is 1. The van der Waals surface area contributed by atoms with Gasteiger partial charge in [-0.25, -0.2) is 4.98 Å². The van der Waals surface area contributed by atoms with Crippen molar-refractivity contribution in [1.29, 1.82) is 0 Å². The molecule has 31 heavy (non-hydrogen) atoms. The summed E-state index contributed by atoms with van der Waals surface area (Å²) >= 11 is 12.3. The third-order valence-electron chi connectivity index (χ3n) is 4.91. The van der Waals surface area contributed by atoms with E-state index in [2.05, 4.69) is 9.97 Å². The Morgan fingerprint density at radius 3 is 2.74 bits per heavy atom. The van der Waals surface area contributed by atoms with E-state index in [4.69, 9.17) is 32.7 Å². The third kappa shape index (κ3) is 4.24. The summed E-state index contributed by atoms with van der Waals surface area (Å²) in [6.07, 6.45) is 2.96. The van der Waals surface area contributed by atoms with Crippen LogP contribution in [-0.2, 0) is 0 Å². The summed E-state index contributed by atoms with van der Waals surface area (Å²) in [6.45, 7) is 4.12. The fourth-order valence-electron chi connectivity index (χ4n) is 3.45. The molecule has 1 atom stereocenters. The van der Waals surface area contributed by atoms with Gasteiger partial charge < -0.3 is 14.5 Å². The highest BCUT2D eigenvalue weighted by Crippen LogP contribution is 2.37. The maximum Gasteiger partial charge on any atom is 0.199 e. The molecule has 4 aromatic rings. The van der Waals surface area contributed by atoms with E-state index < -0.39 is 0 Å². The van der Waals surface area contributed by atoms with Crippen LogP contribution in [0.5, 0.6) is 11.5 Å². The zero-order valence-corrected chi connectivity index (χ0v) is 18.5. The smallest absolute Gasteiger partial charge is 0.199 e. The fourth-order valence-corrected chi connectivity index (χ4v) is 4.02. The van der Waals surface area contributed by atoms with E-state index in [1.165, 1.54) is 0 Å². The Bertz CT molecular complexity index is 1250. The van der Waals surface area contributed by atoms with Crippen molar-refractivity contribution in [3.63, 3.8) is 0 Å². The zero-order valence-electron chi connectivity index (χ0n) is 17.0. The number of rotatable bonds is 7. The largest absolute Gasteiger partial charge is 0.489 e. The van der Waals surface area contributed by atoms with Crippen LogP contribution in [0.4, 0.5) is 0 Å². The van der Waals surface area contributed by atoms with Crippen LogP contribution >= 0.6 is 23.2 Å². The third-order valence-corrected chi connectivity index (χ3v) is 5.47. The Labute approximate surface area is 189 Å². The second-order valence-electron chi connectivity index (χ2n) is 6.92. The monoisotopic (exact) mass is 454 g/mol. The van der Waals surface area contributed by atoms with Crippen molar-refractivity contribution in [2.45, 2.75) is 20.0 Å². The molecular weight excluding hydrogens is 435 g/mol. The van der Waals surface area contributed by atoms with Crippen molar-refractivity contribution in [2.24, 2.45) is 0 Å². The van der Waals surface area contributed by atoms with Crippen molar-refractivity contribution in [2.75, 3.05) is 6.61 Å². The van der Waals surface area contributed by atoms with Gasteiger partial charge >= 0.3 is 0 Å². The number of carbonyl (C=O) groups excluding carboxylic acids is 1. The topological polar surface area (TPSA) is 64.2 Å². The maximum atomic E-state index is 13.4. The van der Waals surface area contributed by atoms with Crippen LogP contribution in [0.15, 0.2) is 60.9 Å². The summed E-state index contributed by atoms with van der Waals surface area (Å²) < 4.78 is 12.0. The number of pyridine rings is 1. The first-order chi connectivity index (χ1) is 15.0. The molecule has 0 aliphatic heterocycles. The molecule has 0 radical (unpaired) electrons. The minimum atomic E-state index is -0.383. The van der Waals surface area contributed by atoms with Gasteiger partial charge in [0.15, 0.2) is 17.3 Å². The van der Waals surface area contributed by atoms with E-state index in [-0.39, 0.29) is 11.9 Å². The van der Waals surface area contributed by atoms with Gasteiger partial charge in [-0.3, -0.25) is 4.79 Å². The van der Waals surface area contributed by atoms with E-state index in [0.717, 1.165) is 10.9 Å². The highest BCUT2D eigenvalue weighted by Gasteiger charge is 2.23. The summed E-state index contributed by atoms with van der Waals surface area (Å²) in [4.78, 5) is 20.7. The number of carbonyl (C=O) groups is 1. The molecule has 0 bridgehead atoms. The molecule has 1 unspecified atom stereocenters. The first-order valence-electron chi connectivity index (χ1n) is 9.83. The number of benzene rings is 2. The van der Waals surface area contributed by atoms with Crippen LogP contribution in [0, 0.1) is 0 Å². The number of fused-ring (bicyclic) bond motifs is 1. The lowest BCUT2D eigenvalue weighted by Crippen LogP contribution is -2.09. The lowest BCUT2D eigenvalue weighted by Gasteiger charge is -2.20. The van der Waals surface area contributed by atoms with Gasteiger partial charge in [-0.15, -0.1) is 0 Å². The van der Waals surface area contributed by atoms with Gasteiger partial charge in [0.05, 0.1) is 12.2 Å². The van der Waals surface area contributed by atoms with E-state index in [1.807, 2.05) is 26.0 Å². The van der Waals surface area contributed by atoms with Gasteiger partial charge in [0.25, 0.3) is 0 Å². The van der Waals surface area contributed by atoms with Crippen LogP contribution in [0.25, 0.3) is 11.0 Å². The molecule has 2 heterocycles. The van der Waals surface area contributed by atoms with Crippen molar-refractivity contribution in [1.82, 2.24) is 9.97 Å². The van der Waals surface area contributed by atoms with E-state index in [1.54, 1.807) is 48.8 Å². The second-order valence-corrected chi connectivity index (χ2v) is 7.77. The van der Waals surface area contributed by atoms with Crippen molar-refractivity contribution in [3.8, 4) is 11.5 Å². The number of ether oxygens (including phenoxy) is 2. The first kappa shape index (κ1) is 21.2. The quantitative estimate of drug-likeness (QED) is 0.318. The normalized spacial score (nSPS) is 12.0. The number of aromatic nitrogens is 2. The van der Waals surface area contributed by atoms with Crippen LogP contribution in [0.3, 0.4) is 0 Å². The minimum Gasteiger partial charge on any atom is -0.489 e. The first-order valence-corrected chi connectivity index (χ1v) is 10.6.